The fourth-order valence-electron chi connectivity index (χ4n) is 2.37. The van der Waals surface area contributed by atoms with Crippen molar-refractivity contribution in [3.8, 4) is 5.69 Å². The number of imidazole rings is 1. The largest absolute Gasteiger partial charge is 1.00 e. The molecular weight excluding hydrogens is 427 g/mol. The summed E-state index contributed by atoms with van der Waals surface area (Å²) >= 11 is 3.27. The Morgan fingerprint density at radius 2 is 1.96 bits per heavy atom. The van der Waals surface area contributed by atoms with E-state index in [1.807, 2.05) is 0 Å². The van der Waals surface area contributed by atoms with Crippen molar-refractivity contribution in [3.05, 3.63) is 47.5 Å². The summed E-state index contributed by atoms with van der Waals surface area (Å²) in [5.74, 6) is -0.910. The Balaban J connectivity index is 0.000000616. The van der Waals surface area contributed by atoms with Gasteiger partial charge in [-0.05, 0) is 41.9 Å². The molecule has 2 aromatic rings. The predicted octanol–water partition coefficient (Wildman–Crippen LogP) is -0.305. The number of aromatic nitrogens is 2. The van der Waals surface area contributed by atoms with Crippen LogP contribution in [0.4, 0.5) is 13.6 Å². The van der Waals surface area contributed by atoms with Crippen LogP contribution < -0.4 is 34.7 Å². The normalized spacial score (nSPS) is 18.1. The van der Waals surface area contributed by atoms with Crippen LogP contribution in [0.5, 0.6) is 0 Å². The average Bonchev–Trinajstić information content (AvgIpc) is 3.02. The minimum Gasteiger partial charge on any atom is -0.565 e. The van der Waals surface area contributed by atoms with Crippen LogP contribution in [0.2, 0.25) is 0 Å². The molecular formula is C15H13BrF2N3NaO4. The Hall–Kier alpha value is -1.49. The van der Waals surface area contributed by atoms with E-state index in [0.29, 0.717) is 22.6 Å². The van der Waals surface area contributed by atoms with Crippen LogP contribution in [0.3, 0.4) is 0 Å². The monoisotopic (exact) mass is 439 g/mol. The Kier molecular flexibility index (Phi) is 7.75. The first kappa shape index (κ1) is 22.6. The van der Waals surface area contributed by atoms with E-state index in [2.05, 4.69) is 26.1 Å². The zero-order valence-electron chi connectivity index (χ0n) is 14.2. The van der Waals surface area contributed by atoms with E-state index in [1.165, 1.54) is 22.8 Å². The SMILES string of the molecule is Cc1cn(-c2c(F)cccc2F)c(C2(C)CC(Br)=NO2)n1.O=C([O-])O.[Na+]. The first-order chi connectivity index (χ1) is 11.6. The third kappa shape index (κ3) is 5.03. The van der Waals surface area contributed by atoms with Gasteiger partial charge in [0.25, 0.3) is 0 Å². The van der Waals surface area contributed by atoms with Crippen molar-refractivity contribution in [2.45, 2.75) is 25.9 Å². The molecule has 134 valence electrons. The van der Waals surface area contributed by atoms with Crippen molar-refractivity contribution in [1.82, 2.24) is 9.55 Å². The molecule has 0 radical (unpaired) electrons. The maximum absolute atomic E-state index is 14.0. The molecule has 1 unspecified atom stereocenters. The Morgan fingerprint density at radius 3 is 2.42 bits per heavy atom. The fraction of sp³-hybridized carbons (Fsp3) is 0.267. The van der Waals surface area contributed by atoms with E-state index in [4.69, 9.17) is 19.8 Å². The van der Waals surface area contributed by atoms with Crippen molar-refractivity contribution in [2.24, 2.45) is 5.16 Å². The van der Waals surface area contributed by atoms with Gasteiger partial charge in [-0.2, -0.15) is 0 Å². The zero-order chi connectivity index (χ0) is 18.8. The number of halogens is 3. The number of hydrogen-bond donors (Lipinski definition) is 1. The number of carboxylic acid groups (broad SMARTS) is 2. The number of para-hydroxylation sites is 1. The van der Waals surface area contributed by atoms with E-state index >= 15 is 0 Å². The van der Waals surface area contributed by atoms with Gasteiger partial charge in [0.15, 0.2) is 11.4 Å². The van der Waals surface area contributed by atoms with Gasteiger partial charge in [-0.1, -0.05) is 11.2 Å². The van der Waals surface area contributed by atoms with E-state index in [9.17, 15) is 8.78 Å². The van der Waals surface area contributed by atoms with E-state index in [1.54, 1.807) is 20.0 Å². The van der Waals surface area contributed by atoms with Crippen molar-refractivity contribution in [1.29, 1.82) is 0 Å². The fourth-order valence-corrected chi connectivity index (χ4v) is 2.98. The first-order valence-electron chi connectivity index (χ1n) is 6.95. The molecule has 0 aliphatic carbocycles. The standard InChI is InChI=1S/C14H12BrF2N3O.CH2O3.Na/c1-8-7-20(12-9(16)4-3-5-10(12)17)13(18-8)14(2)6-11(15)19-21-14;2-1(3)4;/h3-5,7H,6H2,1-2H3;(H2,2,3,4);/q;;+1/p-1. The van der Waals surface area contributed by atoms with E-state index in [0.717, 1.165) is 0 Å². The van der Waals surface area contributed by atoms with Gasteiger partial charge in [0, 0.05) is 12.6 Å². The summed E-state index contributed by atoms with van der Waals surface area (Å²) in [4.78, 5) is 18.2. The Bertz CT molecular complexity index is 822. The van der Waals surface area contributed by atoms with Crippen LogP contribution in [0.15, 0.2) is 29.6 Å². The third-order valence-electron chi connectivity index (χ3n) is 3.31. The molecule has 1 atom stereocenters. The Labute approximate surface area is 178 Å². The number of oxime groups is 1. The van der Waals surface area contributed by atoms with E-state index in [-0.39, 0.29) is 35.2 Å². The van der Waals surface area contributed by atoms with E-state index < -0.39 is 23.4 Å². The van der Waals surface area contributed by atoms with Gasteiger partial charge in [0.2, 0.25) is 6.16 Å². The summed E-state index contributed by atoms with van der Waals surface area (Å²) in [6.45, 7) is 3.54. The second-order valence-corrected chi connectivity index (χ2v) is 6.29. The molecule has 11 heteroatoms. The molecule has 1 aliphatic rings. The molecule has 1 aliphatic heterocycles. The second-order valence-electron chi connectivity index (χ2n) is 5.38. The average molecular weight is 440 g/mol. The van der Waals surface area contributed by atoms with Gasteiger partial charge < -0.3 is 19.8 Å². The third-order valence-corrected chi connectivity index (χ3v) is 3.73. The number of benzene rings is 1. The molecule has 1 aromatic carbocycles. The molecule has 1 aromatic heterocycles. The van der Waals surface area contributed by atoms with Crippen LogP contribution in [0.1, 0.15) is 24.9 Å². The molecule has 0 bridgehead atoms. The van der Waals surface area contributed by atoms with Gasteiger partial charge in [-0.25, -0.2) is 13.8 Å². The number of carbonyl (C=O) groups is 1. The van der Waals surface area contributed by atoms with Crippen molar-refractivity contribution >= 4 is 26.7 Å². The quantitative estimate of drug-likeness (QED) is 0.647. The minimum atomic E-state index is -2.08. The van der Waals surface area contributed by atoms with Crippen molar-refractivity contribution < 1.29 is 58.2 Å². The summed E-state index contributed by atoms with van der Waals surface area (Å²) in [5, 5.41) is 19.2. The van der Waals surface area contributed by atoms with Crippen LogP contribution in [-0.2, 0) is 10.4 Å². The minimum absolute atomic E-state index is 0. The number of rotatable bonds is 2. The van der Waals surface area contributed by atoms with Crippen molar-refractivity contribution in [2.75, 3.05) is 0 Å². The molecule has 0 amide bonds. The maximum Gasteiger partial charge on any atom is 1.00 e. The molecule has 0 spiro atoms. The van der Waals surface area contributed by atoms with Gasteiger partial charge in [-0.15, -0.1) is 0 Å². The summed E-state index contributed by atoms with van der Waals surface area (Å²) in [7, 11) is 0. The van der Waals surface area contributed by atoms with Crippen LogP contribution in [0, 0.1) is 18.6 Å². The molecule has 0 saturated carbocycles. The summed E-state index contributed by atoms with van der Waals surface area (Å²) < 4.78 is 30.1. The van der Waals surface area contributed by atoms with Crippen LogP contribution in [0.25, 0.3) is 5.69 Å². The summed E-state index contributed by atoms with van der Waals surface area (Å²) in [5.41, 5.74) is -0.400. The molecule has 0 fully saturated rings. The van der Waals surface area contributed by atoms with Crippen LogP contribution in [-0.4, -0.2) is 25.4 Å². The smallest absolute Gasteiger partial charge is 0.565 e. The molecule has 3 rings (SSSR count). The molecule has 0 saturated heterocycles. The Morgan fingerprint density at radius 1 is 1.42 bits per heavy atom. The maximum atomic E-state index is 14.0. The first-order valence-corrected chi connectivity index (χ1v) is 7.74. The van der Waals surface area contributed by atoms with Gasteiger partial charge in [0.1, 0.15) is 21.9 Å². The van der Waals surface area contributed by atoms with Crippen molar-refractivity contribution in [3.63, 3.8) is 0 Å². The number of nitrogens with zero attached hydrogens (tertiary/aromatic N) is 3. The second kappa shape index (κ2) is 8.94. The van der Waals surface area contributed by atoms with Gasteiger partial charge in [0.05, 0.1) is 5.69 Å². The molecule has 2 heterocycles. The summed E-state index contributed by atoms with van der Waals surface area (Å²) in [6, 6.07) is 3.74. The van der Waals surface area contributed by atoms with Gasteiger partial charge in [-0.3, -0.25) is 4.57 Å². The van der Waals surface area contributed by atoms with Crippen LogP contribution >= 0.6 is 15.9 Å². The molecule has 7 nitrogen and oxygen atoms in total. The van der Waals surface area contributed by atoms with Gasteiger partial charge >= 0.3 is 29.6 Å². The number of hydrogen-bond acceptors (Lipinski definition) is 5. The topological polar surface area (TPSA) is 99.8 Å². The zero-order valence-corrected chi connectivity index (χ0v) is 17.7. The molecule has 26 heavy (non-hydrogen) atoms. The predicted molar refractivity (Wildman–Crippen MR) is 85.7 cm³/mol. The molecule has 1 N–H and O–H groups in total. The summed E-state index contributed by atoms with van der Waals surface area (Å²) in [6.07, 6.45) is -0.0583. The number of aryl methyl sites for hydroxylation is 1.